The van der Waals surface area contributed by atoms with Gasteiger partial charge in [0.05, 0.1) is 65.7 Å². The van der Waals surface area contributed by atoms with Gasteiger partial charge in [-0.05, 0) is 66.0 Å². The van der Waals surface area contributed by atoms with E-state index in [1.165, 1.54) is 38.6 Å². The van der Waals surface area contributed by atoms with Crippen LogP contribution in [0, 0.1) is 40.5 Å². The van der Waals surface area contributed by atoms with Gasteiger partial charge in [-0.3, -0.25) is 88.9 Å². The molecule has 35 nitrogen and oxygen atoms in total. The van der Waals surface area contributed by atoms with Crippen LogP contribution in [0.1, 0.15) is 37.0 Å². The molecule has 4 aliphatic heterocycles. The SMILES string of the molecule is Cn1c(=O)c([N+](=O)[O-])c(N2CCN(C(=O)c3cc4ccccc4[nH]3)CC2)c2ccccc21.Cn1c(=O)c([N+](=O)[O-])c(N2CCN(C(=O)c3cccnc3)CC2)c2ccccc21.Cn1c(=O)c([N+](=O)[O-])c(N2CCN(C(=O)c3cncc4ccccc34)CC2)c2ccccc21.Cn1c(=O)c([N+](=O)[O-])c(N2CCN(Cc3ccco3)CC2)c2ccccc21. The molecule has 0 atom stereocenters. The molecule has 0 aliphatic carbocycles. The van der Waals surface area contributed by atoms with Gasteiger partial charge in [0.25, 0.3) is 17.7 Å². The number of hydrogen-bond donors (Lipinski definition) is 1. The summed E-state index contributed by atoms with van der Waals surface area (Å²) in [6.45, 7) is 8.07. The number of rotatable bonds is 13. The Kier molecular flexibility index (Phi) is 23.1. The first kappa shape index (κ1) is 80.9. The molecule has 4 fully saturated rings. The summed E-state index contributed by atoms with van der Waals surface area (Å²) in [6.07, 6.45) is 8.09. The summed E-state index contributed by atoms with van der Waals surface area (Å²) in [5.41, 5.74) is 2.29. The third kappa shape index (κ3) is 15.9. The van der Waals surface area contributed by atoms with Crippen molar-refractivity contribution in [3.8, 4) is 0 Å². The van der Waals surface area contributed by atoms with Crippen molar-refractivity contribution in [1.82, 2.24) is 52.8 Å². The van der Waals surface area contributed by atoms with E-state index in [2.05, 4.69) is 19.9 Å². The fourth-order valence-electron chi connectivity index (χ4n) is 16.4. The first-order chi connectivity index (χ1) is 58.5. The number of H-pyrrole nitrogens is 1. The number of nitrogens with zero attached hydrogens (tertiary/aromatic N) is 18. The Balaban J connectivity index is 0.000000126. The number of nitro groups is 4. The topological polar surface area (TPSA) is 392 Å². The molecule has 0 spiro atoms. The lowest BCUT2D eigenvalue weighted by molar-refractivity contribution is -0.385. The van der Waals surface area contributed by atoms with E-state index in [1.54, 1.807) is 139 Å². The molecule has 18 rings (SSSR count). The highest BCUT2D eigenvalue weighted by atomic mass is 16.6. The van der Waals surface area contributed by atoms with Gasteiger partial charge in [-0.15, -0.1) is 0 Å². The van der Waals surface area contributed by atoms with E-state index in [0.717, 1.165) is 45.9 Å². The van der Waals surface area contributed by atoms with Gasteiger partial charge in [-0.25, -0.2) is 0 Å². The number of nitrogens with one attached hydrogen (secondary N) is 1. The monoisotopic (exact) mass is 1640 g/mol. The number of anilines is 4. The lowest BCUT2D eigenvalue weighted by Crippen LogP contribution is -2.49. The number of hydrogen-bond acceptors (Lipinski definition) is 23. The number of aryl methyl sites for hydroxylation is 4. The Morgan fingerprint density at radius 3 is 1.12 bits per heavy atom. The van der Waals surface area contributed by atoms with Crippen molar-refractivity contribution in [3.63, 3.8) is 0 Å². The summed E-state index contributed by atoms with van der Waals surface area (Å²) in [4.78, 5) is 161. The molecular formula is C86H81N19O16. The molecule has 35 heteroatoms. The zero-order valence-electron chi connectivity index (χ0n) is 66.2. The number of carbonyl (C=O) groups is 3. The third-order valence-corrected chi connectivity index (χ3v) is 22.6. The Bertz CT molecular complexity index is 6640. The van der Waals surface area contributed by atoms with Crippen LogP contribution >= 0.6 is 0 Å². The molecule has 0 bridgehead atoms. The van der Waals surface area contributed by atoms with E-state index >= 15 is 0 Å². The quantitative estimate of drug-likeness (QED) is 0.0828. The van der Waals surface area contributed by atoms with Gasteiger partial charge in [-0.1, -0.05) is 115 Å². The second-order valence-electron chi connectivity index (χ2n) is 29.4. The fourth-order valence-corrected chi connectivity index (χ4v) is 16.4. The summed E-state index contributed by atoms with van der Waals surface area (Å²) in [6, 6.07) is 53.1. The third-order valence-electron chi connectivity index (χ3n) is 22.6. The predicted octanol–water partition coefficient (Wildman–Crippen LogP) is 10.0. The van der Waals surface area contributed by atoms with E-state index in [0.29, 0.717) is 176 Å². The second-order valence-corrected chi connectivity index (χ2v) is 29.4. The minimum absolute atomic E-state index is 0.107. The van der Waals surface area contributed by atoms with Crippen LogP contribution in [0.4, 0.5) is 45.5 Å². The normalized spacial score (nSPS) is 14.5. The van der Waals surface area contributed by atoms with E-state index in [9.17, 15) is 74.0 Å². The minimum atomic E-state index is -0.644. The van der Waals surface area contributed by atoms with Gasteiger partial charge in [0.1, 0.15) is 34.2 Å². The molecule has 121 heavy (non-hydrogen) atoms. The maximum atomic E-state index is 13.2. The first-order valence-corrected chi connectivity index (χ1v) is 38.9. The highest BCUT2D eigenvalue weighted by Gasteiger charge is 2.37. The van der Waals surface area contributed by atoms with Gasteiger partial charge in [-0.2, -0.15) is 0 Å². The standard InChI is InChI=1S/C24H21N5O4.C23H21N5O4.C20H19N5O4.C19H20N4O4/c1-26-20-9-5-4-8-18(20)21(22(24(26)31)29(32)33)27-10-12-28(13-11-27)23(30)19-15-25-14-16-6-2-3-7-17(16)19;1-25-19-9-5-3-7-16(19)20(21(23(25)30)28(31)32)26-10-12-27(13-11-26)22(29)18-14-15-6-2-4-8-17(15)24-18;1-22-16-7-3-2-6-15(16)17(18(20(22)27)25(28)29)23-9-11-24(12-10-23)19(26)14-5-4-8-21-13-14;1-20-16-7-3-2-6-15(16)17(18(19(20)24)23(25)26)22-10-8-21(9-11-22)13-14-5-4-12-27-14/h2-9,14-15H,10-13H2,1H3;2-9,14,24H,10-13H2,1H3;2-8,13H,9-12H2,1H3;2-7,12H,8-11,13H2,1H3. The summed E-state index contributed by atoms with van der Waals surface area (Å²) in [5, 5.41) is 52.5. The van der Waals surface area contributed by atoms with Crippen molar-refractivity contribution in [3.05, 3.63) is 311 Å². The van der Waals surface area contributed by atoms with Crippen LogP contribution in [0.3, 0.4) is 0 Å². The van der Waals surface area contributed by atoms with Crippen LogP contribution in [-0.4, -0.2) is 195 Å². The first-order valence-electron chi connectivity index (χ1n) is 38.9. The van der Waals surface area contributed by atoms with Crippen molar-refractivity contribution in [2.24, 2.45) is 28.2 Å². The van der Waals surface area contributed by atoms with Crippen LogP contribution in [0.25, 0.3) is 65.3 Å². The number of aromatic nitrogens is 7. The van der Waals surface area contributed by atoms with Crippen molar-refractivity contribution in [1.29, 1.82) is 0 Å². The average molecular weight is 1640 g/mol. The number of furan rings is 1. The summed E-state index contributed by atoms with van der Waals surface area (Å²) in [7, 11) is 6.18. The minimum Gasteiger partial charge on any atom is -0.468 e. The molecule has 12 heterocycles. The van der Waals surface area contributed by atoms with Crippen LogP contribution in [0.2, 0.25) is 0 Å². The van der Waals surface area contributed by atoms with Crippen molar-refractivity contribution in [2.75, 3.05) is 124 Å². The number of piperazine rings is 4. The molecule has 0 radical (unpaired) electrons. The van der Waals surface area contributed by atoms with Gasteiger partial charge >= 0.3 is 45.0 Å². The molecule has 4 saturated heterocycles. The number of benzene rings is 6. The van der Waals surface area contributed by atoms with Crippen LogP contribution in [0.5, 0.6) is 0 Å². The molecular weight excluding hydrogens is 1560 g/mol. The molecule has 3 amide bonds. The van der Waals surface area contributed by atoms with Gasteiger partial charge in [0.2, 0.25) is 0 Å². The summed E-state index contributed by atoms with van der Waals surface area (Å²) >= 11 is 0. The molecule has 0 saturated carbocycles. The lowest BCUT2D eigenvalue weighted by atomic mass is 10.1. The van der Waals surface area contributed by atoms with Crippen LogP contribution in [0.15, 0.2) is 231 Å². The lowest BCUT2D eigenvalue weighted by Gasteiger charge is -2.36. The Labute approximate surface area is 687 Å². The van der Waals surface area contributed by atoms with E-state index in [-0.39, 0.29) is 23.4 Å². The molecule has 14 aromatic rings. The van der Waals surface area contributed by atoms with E-state index in [4.69, 9.17) is 4.42 Å². The van der Waals surface area contributed by atoms with Crippen molar-refractivity contribution < 1.29 is 38.5 Å². The zero-order valence-corrected chi connectivity index (χ0v) is 66.2. The molecule has 616 valence electrons. The maximum absolute atomic E-state index is 13.2. The largest absolute Gasteiger partial charge is 0.468 e. The smallest absolute Gasteiger partial charge is 0.357 e. The Morgan fingerprint density at radius 2 is 0.744 bits per heavy atom. The fraction of sp³-hybridized carbons (Fsp3) is 0.244. The summed E-state index contributed by atoms with van der Waals surface area (Å²) < 4.78 is 10.7. The number of pyridine rings is 6. The maximum Gasteiger partial charge on any atom is 0.357 e. The second kappa shape index (κ2) is 34.5. The Hall–Kier alpha value is -15.3. The highest BCUT2D eigenvalue weighted by molar-refractivity contribution is 6.07. The number of fused-ring (bicyclic) bond motifs is 6. The predicted molar refractivity (Wildman–Crippen MR) is 458 cm³/mol. The zero-order chi connectivity index (χ0) is 85.0. The van der Waals surface area contributed by atoms with E-state index in [1.807, 2.05) is 111 Å². The van der Waals surface area contributed by atoms with Gasteiger partial charge in [0.15, 0.2) is 0 Å². The van der Waals surface area contributed by atoms with Crippen LogP contribution < -0.4 is 41.8 Å². The van der Waals surface area contributed by atoms with E-state index < -0.39 is 59.0 Å². The number of para-hydroxylation sites is 5. The van der Waals surface area contributed by atoms with Crippen LogP contribution in [-0.2, 0) is 34.7 Å². The van der Waals surface area contributed by atoms with Crippen molar-refractivity contribution >= 4 is 129 Å². The Morgan fingerprint density at radius 1 is 0.380 bits per heavy atom. The average Bonchev–Trinajstić information content (AvgIpc) is 1.41. The number of carbonyl (C=O) groups excluding carboxylic acids is 3. The molecule has 4 aliphatic rings. The number of aromatic amines is 1. The molecule has 0 unspecified atom stereocenters. The van der Waals surface area contributed by atoms with Crippen molar-refractivity contribution in [2.45, 2.75) is 6.54 Å². The highest BCUT2D eigenvalue weighted by Crippen LogP contribution is 2.39. The number of amides is 3. The molecule has 1 N–H and O–H groups in total. The van der Waals surface area contributed by atoms with Gasteiger partial charge in [0, 0.05) is 196 Å². The van der Waals surface area contributed by atoms with Gasteiger partial charge < -0.3 is 62.0 Å². The molecule has 8 aromatic heterocycles. The summed E-state index contributed by atoms with van der Waals surface area (Å²) in [5.74, 6) is 0.543. The molecule has 6 aromatic carbocycles.